The first-order valence-corrected chi connectivity index (χ1v) is 9.11. The number of para-hydroxylation sites is 1. The van der Waals surface area contributed by atoms with Crippen molar-refractivity contribution >= 4 is 35.2 Å². The van der Waals surface area contributed by atoms with Gasteiger partial charge in [-0.15, -0.1) is 11.8 Å². The van der Waals surface area contributed by atoms with Crippen LogP contribution in [0.4, 0.5) is 5.69 Å². The molecule has 0 unspecified atom stereocenters. The van der Waals surface area contributed by atoms with Crippen molar-refractivity contribution in [1.82, 2.24) is 9.80 Å². The predicted octanol–water partition coefficient (Wildman–Crippen LogP) is 1.31. The second-order valence-corrected chi connectivity index (χ2v) is 7.30. The number of aryl methyl sites for hydroxylation is 1. The van der Waals surface area contributed by atoms with Crippen LogP contribution in [0.3, 0.4) is 0 Å². The van der Waals surface area contributed by atoms with E-state index in [2.05, 4.69) is 5.32 Å². The van der Waals surface area contributed by atoms with Crippen molar-refractivity contribution in [2.75, 3.05) is 30.5 Å². The SMILES string of the molecule is Cc1ccccc1NC(=O)[C@H]1CSCN1C(=O)[C@H]1CC(=O)N(C)C1. The molecule has 2 saturated heterocycles. The molecule has 128 valence electrons. The molecule has 3 amide bonds. The van der Waals surface area contributed by atoms with Crippen LogP contribution in [0, 0.1) is 12.8 Å². The third-order valence-corrected chi connectivity index (χ3v) is 5.57. The molecule has 0 aromatic heterocycles. The number of carbonyl (C=O) groups excluding carboxylic acids is 3. The fourth-order valence-corrected chi connectivity index (χ4v) is 4.23. The van der Waals surface area contributed by atoms with Gasteiger partial charge >= 0.3 is 0 Å². The highest BCUT2D eigenvalue weighted by Crippen LogP contribution is 2.27. The van der Waals surface area contributed by atoms with Gasteiger partial charge in [0, 0.05) is 31.5 Å². The number of amides is 3. The Labute approximate surface area is 145 Å². The van der Waals surface area contributed by atoms with Crippen LogP contribution in [0.2, 0.25) is 0 Å². The van der Waals surface area contributed by atoms with E-state index in [1.807, 2.05) is 31.2 Å². The average Bonchev–Trinajstić information content (AvgIpc) is 3.16. The molecular formula is C17H21N3O3S. The van der Waals surface area contributed by atoms with Crippen molar-refractivity contribution in [3.05, 3.63) is 29.8 Å². The molecule has 0 saturated carbocycles. The highest BCUT2D eigenvalue weighted by molar-refractivity contribution is 7.99. The molecular weight excluding hydrogens is 326 g/mol. The number of benzene rings is 1. The van der Waals surface area contributed by atoms with Gasteiger partial charge in [-0.3, -0.25) is 14.4 Å². The molecule has 2 aliphatic rings. The van der Waals surface area contributed by atoms with Crippen molar-refractivity contribution < 1.29 is 14.4 Å². The van der Waals surface area contributed by atoms with Crippen molar-refractivity contribution in [2.45, 2.75) is 19.4 Å². The van der Waals surface area contributed by atoms with Crippen molar-refractivity contribution in [3.8, 4) is 0 Å². The van der Waals surface area contributed by atoms with Crippen molar-refractivity contribution in [1.29, 1.82) is 0 Å². The zero-order valence-electron chi connectivity index (χ0n) is 13.8. The molecule has 2 aliphatic heterocycles. The second kappa shape index (κ2) is 6.84. The minimum atomic E-state index is -0.483. The topological polar surface area (TPSA) is 69.7 Å². The molecule has 24 heavy (non-hydrogen) atoms. The number of nitrogens with one attached hydrogen (secondary N) is 1. The lowest BCUT2D eigenvalue weighted by molar-refractivity contribution is -0.139. The van der Waals surface area contributed by atoms with Gasteiger partial charge in [-0.25, -0.2) is 0 Å². The van der Waals surface area contributed by atoms with Crippen LogP contribution in [0.5, 0.6) is 0 Å². The molecule has 1 aromatic carbocycles. The molecule has 7 heteroatoms. The summed E-state index contributed by atoms with van der Waals surface area (Å²) < 4.78 is 0. The van der Waals surface area contributed by atoms with E-state index in [0.717, 1.165) is 11.3 Å². The van der Waals surface area contributed by atoms with E-state index in [1.54, 1.807) is 28.6 Å². The van der Waals surface area contributed by atoms with Gasteiger partial charge in [0.1, 0.15) is 6.04 Å². The van der Waals surface area contributed by atoms with Crippen LogP contribution in [-0.2, 0) is 14.4 Å². The third kappa shape index (κ3) is 3.26. The second-order valence-electron chi connectivity index (χ2n) is 6.30. The van der Waals surface area contributed by atoms with Gasteiger partial charge in [-0.1, -0.05) is 18.2 Å². The van der Waals surface area contributed by atoms with Crippen LogP contribution in [0.15, 0.2) is 24.3 Å². The van der Waals surface area contributed by atoms with E-state index in [9.17, 15) is 14.4 Å². The van der Waals surface area contributed by atoms with E-state index in [1.165, 1.54) is 0 Å². The quantitative estimate of drug-likeness (QED) is 0.895. The first kappa shape index (κ1) is 16.8. The summed E-state index contributed by atoms with van der Waals surface area (Å²) in [7, 11) is 1.71. The van der Waals surface area contributed by atoms with E-state index in [4.69, 9.17) is 0 Å². The maximum atomic E-state index is 12.7. The molecule has 2 heterocycles. The maximum absolute atomic E-state index is 12.7. The minimum absolute atomic E-state index is 0.0129. The Bertz CT molecular complexity index is 679. The van der Waals surface area contributed by atoms with Gasteiger partial charge in [-0.05, 0) is 18.6 Å². The molecule has 2 fully saturated rings. The van der Waals surface area contributed by atoms with Crippen molar-refractivity contribution in [2.24, 2.45) is 5.92 Å². The van der Waals surface area contributed by atoms with Gasteiger partial charge < -0.3 is 15.1 Å². The minimum Gasteiger partial charge on any atom is -0.345 e. The van der Waals surface area contributed by atoms with Crippen molar-refractivity contribution in [3.63, 3.8) is 0 Å². The zero-order valence-corrected chi connectivity index (χ0v) is 14.6. The summed E-state index contributed by atoms with van der Waals surface area (Å²) in [5.74, 6) is 0.470. The zero-order chi connectivity index (χ0) is 17.3. The normalized spacial score (nSPS) is 23.7. The summed E-state index contributed by atoms with van der Waals surface area (Å²) >= 11 is 1.57. The number of rotatable bonds is 3. The largest absolute Gasteiger partial charge is 0.345 e. The smallest absolute Gasteiger partial charge is 0.248 e. The Balaban J connectivity index is 1.69. The fourth-order valence-electron chi connectivity index (χ4n) is 3.07. The van der Waals surface area contributed by atoms with Crippen LogP contribution in [0.1, 0.15) is 12.0 Å². The number of thioether (sulfide) groups is 1. The van der Waals surface area contributed by atoms with Crippen LogP contribution in [-0.4, -0.2) is 58.8 Å². The van der Waals surface area contributed by atoms with E-state index in [-0.39, 0.29) is 30.1 Å². The first-order valence-electron chi connectivity index (χ1n) is 7.96. The highest BCUT2D eigenvalue weighted by Gasteiger charge is 2.41. The molecule has 2 atom stereocenters. The first-order chi connectivity index (χ1) is 11.5. The molecule has 6 nitrogen and oxygen atoms in total. The number of likely N-dealkylation sites (tertiary alicyclic amines) is 1. The number of hydrogen-bond acceptors (Lipinski definition) is 4. The van der Waals surface area contributed by atoms with Gasteiger partial charge in [0.05, 0.1) is 11.8 Å². The third-order valence-electron chi connectivity index (χ3n) is 4.56. The molecule has 0 aliphatic carbocycles. The highest BCUT2D eigenvalue weighted by atomic mass is 32.2. The molecule has 1 N–H and O–H groups in total. The van der Waals surface area contributed by atoms with Gasteiger partial charge in [0.25, 0.3) is 0 Å². The lowest BCUT2D eigenvalue weighted by Gasteiger charge is -2.25. The number of hydrogen-bond donors (Lipinski definition) is 1. The lowest BCUT2D eigenvalue weighted by Crippen LogP contribution is -2.47. The Morgan fingerprint density at radius 2 is 2.04 bits per heavy atom. The maximum Gasteiger partial charge on any atom is 0.248 e. The Kier molecular flexibility index (Phi) is 4.80. The fraction of sp³-hybridized carbons (Fsp3) is 0.471. The lowest BCUT2D eigenvalue weighted by atomic mass is 10.1. The Morgan fingerprint density at radius 3 is 2.71 bits per heavy atom. The van der Waals surface area contributed by atoms with Gasteiger partial charge in [-0.2, -0.15) is 0 Å². The van der Waals surface area contributed by atoms with E-state index < -0.39 is 6.04 Å². The summed E-state index contributed by atoms with van der Waals surface area (Å²) in [6, 6.07) is 7.09. The molecule has 0 radical (unpaired) electrons. The van der Waals surface area contributed by atoms with Crippen LogP contribution < -0.4 is 5.32 Å². The van der Waals surface area contributed by atoms with E-state index in [0.29, 0.717) is 18.2 Å². The summed E-state index contributed by atoms with van der Waals surface area (Å²) in [5, 5.41) is 2.92. The van der Waals surface area contributed by atoms with Gasteiger partial charge in [0.15, 0.2) is 0 Å². The number of carbonyl (C=O) groups is 3. The Hall–Kier alpha value is -2.02. The monoisotopic (exact) mass is 347 g/mol. The summed E-state index contributed by atoms with van der Waals surface area (Å²) in [4.78, 5) is 40.2. The summed E-state index contributed by atoms with van der Waals surface area (Å²) in [6.45, 7) is 2.37. The molecule has 0 spiro atoms. The van der Waals surface area contributed by atoms with Gasteiger partial charge in [0.2, 0.25) is 17.7 Å². The average molecular weight is 347 g/mol. The number of nitrogens with zero attached hydrogens (tertiary/aromatic N) is 2. The van der Waals surface area contributed by atoms with Crippen LogP contribution in [0.25, 0.3) is 0 Å². The summed E-state index contributed by atoms with van der Waals surface area (Å²) in [6.07, 6.45) is 0.239. The summed E-state index contributed by atoms with van der Waals surface area (Å²) in [5.41, 5.74) is 1.75. The van der Waals surface area contributed by atoms with Crippen LogP contribution >= 0.6 is 11.8 Å². The number of anilines is 1. The standard InChI is InChI=1S/C17H21N3O3S/c1-11-5-3-4-6-13(11)18-16(22)14-9-24-10-20(14)17(23)12-7-15(21)19(2)8-12/h3-6,12,14H,7-10H2,1-2H3,(H,18,22)/t12-,14+/m0/s1. The van der Waals surface area contributed by atoms with E-state index >= 15 is 0 Å². The molecule has 0 bridgehead atoms. The predicted molar refractivity (Wildman–Crippen MR) is 93.5 cm³/mol. The molecule has 1 aromatic rings. The Morgan fingerprint density at radius 1 is 1.29 bits per heavy atom. The molecule has 3 rings (SSSR count).